The van der Waals surface area contributed by atoms with E-state index in [1.807, 2.05) is 19.1 Å². The molecule has 2 aromatic carbocycles. The molecule has 4 rings (SSSR count). The minimum atomic E-state index is -0.592. The van der Waals surface area contributed by atoms with Gasteiger partial charge >= 0.3 is 0 Å². The van der Waals surface area contributed by atoms with E-state index in [4.69, 9.17) is 4.74 Å². The van der Waals surface area contributed by atoms with Crippen molar-refractivity contribution in [1.29, 1.82) is 0 Å². The minimum Gasteiger partial charge on any atom is -0.482 e. The van der Waals surface area contributed by atoms with Crippen molar-refractivity contribution in [3.63, 3.8) is 0 Å². The highest BCUT2D eigenvalue weighted by Gasteiger charge is 2.25. The van der Waals surface area contributed by atoms with Crippen molar-refractivity contribution < 1.29 is 18.7 Å². The molecule has 8 heteroatoms. The van der Waals surface area contributed by atoms with Crippen molar-refractivity contribution in [2.75, 3.05) is 23.4 Å². The number of carbonyl (C=O) groups is 2. The first kappa shape index (κ1) is 19.8. The Balaban J connectivity index is 1.64. The predicted molar refractivity (Wildman–Crippen MR) is 115 cm³/mol. The van der Waals surface area contributed by atoms with Gasteiger partial charge in [-0.15, -0.1) is 17.9 Å². The molecule has 2 amide bonds. The van der Waals surface area contributed by atoms with Crippen molar-refractivity contribution in [2.24, 2.45) is 0 Å². The Morgan fingerprint density at radius 1 is 1.37 bits per heavy atom. The molecule has 6 nitrogen and oxygen atoms in total. The number of amides is 2. The number of fused-ring (bicyclic) bond motifs is 1. The summed E-state index contributed by atoms with van der Waals surface area (Å²) >= 11 is 1.29. The van der Waals surface area contributed by atoms with Crippen LogP contribution in [0.3, 0.4) is 0 Å². The third-order valence-electron chi connectivity index (χ3n) is 4.62. The van der Waals surface area contributed by atoms with Gasteiger partial charge in [-0.05, 0) is 37.3 Å². The number of aryl methyl sites for hydroxylation is 1. The molecule has 1 N–H and O–H groups in total. The highest BCUT2D eigenvalue weighted by atomic mass is 32.1. The van der Waals surface area contributed by atoms with Gasteiger partial charge in [0.15, 0.2) is 11.7 Å². The molecule has 0 bridgehead atoms. The Bertz CT molecular complexity index is 1160. The summed E-state index contributed by atoms with van der Waals surface area (Å²) in [5.41, 5.74) is 2.05. The molecule has 3 aromatic rings. The summed E-state index contributed by atoms with van der Waals surface area (Å²) in [6, 6.07) is 11.3. The van der Waals surface area contributed by atoms with Crippen molar-refractivity contribution in [3.05, 3.63) is 71.4 Å². The fourth-order valence-electron chi connectivity index (χ4n) is 3.21. The SMILES string of the molecule is C=CCN1C(=O)COc2ccc(-c3nc(NC(=O)c4ccccc4F)sc3C)cc21. The van der Waals surface area contributed by atoms with Gasteiger partial charge in [0.25, 0.3) is 11.8 Å². The van der Waals surface area contributed by atoms with Crippen LogP contribution < -0.4 is 15.0 Å². The first-order chi connectivity index (χ1) is 14.5. The quantitative estimate of drug-likeness (QED) is 0.617. The highest BCUT2D eigenvalue weighted by Crippen LogP contribution is 2.38. The number of nitrogens with zero attached hydrogens (tertiary/aromatic N) is 2. The molecule has 2 heterocycles. The van der Waals surface area contributed by atoms with Gasteiger partial charge in [0.05, 0.1) is 16.9 Å². The van der Waals surface area contributed by atoms with Gasteiger partial charge in [0, 0.05) is 17.0 Å². The molecule has 0 fully saturated rings. The third-order valence-corrected chi connectivity index (χ3v) is 5.51. The van der Waals surface area contributed by atoms with Crippen molar-refractivity contribution in [1.82, 2.24) is 4.98 Å². The maximum Gasteiger partial charge on any atom is 0.265 e. The number of carbonyl (C=O) groups excluding carboxylic acids is 2. The summed E-state index contributed by atoms with van der Waals surface area (Å²) in [7, 11) is 0. The maximum atomic E-state index is 13.9. The number of nitrogens with one attached hydrogen (secondary N) is 1. The average Bonchev–Trinajstić information content (AvgIpc) is 3.10. The second-order valence-electron chi connectivity index (χ2n) is 6.62. The Labute approximate surface area is 176 Å². The molecule has 0 aliphatic carbocycles. The van der Waals surface area contributed by atoms with E-state index in [1.165, 1.54) is 29.5 Å². The Morgan fingerprint density at radius 2 is 2.17 bits per heavy atom. The summed E-state index contributed by atoms with van der Waals surface area (Å²) < 4.78 is 19.4. The average molecular weight is 423 g/mol. The lowest BCUT2D eigenvalue weighted by Gasteiger charge is -2.28. The van der Waals surface area contributed by atoms with Crippen LogP contribution in [0.2, 0.25) is 0 Å². The number of ether oxygens (including phenoxy) is 1. The fraction of sp³-hybridized carbons (Fsp3) is 0.136. The van der Waals surface area contributed by atoms with Gasteiger partial charge < -0.3 is 9.64 Å². The molecule has 30 heavy (non-hydrogen) atoms. The Morgan fingerprint density at radius 3 is 2.93 bits per heavy atom. The molecule has 0 atom stereocenters. The molecule has 0 radical (unpaired) electrons. The zero-order valence-electron chi connectivity index (χ0n) is 16.1. The van der Waals surface area contributed by atoms with Crippen LogP contribution in [-0.4, -0.2) is 29.9 Å². The minimum absolute atomic E-state index is 0.0118. The van der Waals surface area contributed by atoms with E-state index < -0.39 is 11.7 Å². The van der Waals surface area contributed by atoms with Gasteiger partial charge in [-0.25, -0.2) is 9.37 Å². The van der Waals surface area contributed by atoms with E-state index in [0.717, 1.165) is 10.4 Å². The van der Waals surface area contributed by atoms with Gasteiger partial charge in [-0.2, -0.15) is 0 Å². The van der Waals surface area contributed by atoms with Crippen molar-refractivity contribution in [2.45, 2.75) is 6.92 Å². The normalized spacial score (nSPS) is 12.9. The van der Waals surface area contributed by atoms with Crippen LogP contribution in [0, 0.1) is 12.7 Å². The fourth-order valence-corrected chi connectivity index (χ4v) is 4.04. The number of halogens is 1. The first-order valence-electron chi connectivity index (χ1n) is 9.19. The Hall–Kier alpha value is -3.52. The number of aromatic nitrogens is 1. The predicted octanol–water partition coefficient (Wildman–Crippen LogP) is 4.42. The molecular formula is C22H18FN3O3S. The number of thiazole rings is 1. The number of anilines is 2. The molecule has 0 spiro atoms. The zero-order valence-corrected chi connectivity index (χ0v) is 17.0. The van der Waals surface area contributed by atoms with Crippen LogP contribution in [-0.2, 0) is 4.79 Å². The number of hydrogen-bond acceptors (Lipinski definition) is 5. The number of hydrogen-bond donors (Lipinski definition) is 1. The third kappa shape index (κ3) is 3.69. The van der Waals surface area contributed by atoms with Gasteiger partial charge in [0.2, 0.25) is 0 Å². The van der Waals surface area contributed by atoms with Crippen LogP contribution in [0.25, 0.3) is 11.3 Å². The van der Waals surface area contributed by atoms with Gasteiger partial charge in [-0.3, -0.25) is 14.9 Å². The van der Waals surface area contributed by atoms with E-state index in [-0.39, 0.29) is 18.1 Å². The second-order valence-corrected chi connectivity index (χ2v) is 7.83. The first-order valence-corrected chi connectivity index (χ1v) is 10.0. The molecule has 152 valence electrons. The van der Waals surface area contributed by atoms with E-state index >= 15 is 0 Å². The molecule has 1 aliphatic rings. The van der Waals surface area contributed by atoms with Gasteiger partial charge in [-0.1, -0.05) is 18.2 Å². The monoisotopic (exact) mass is 423 g/mol. The van der Waals surface area contributed by atoms with E-state index in [2.05, 4.69) is 16.9 Å². The summed E-state index contributed by atoms with van der Waals surface area (Å²) in [5.74, 6) is -0.686. The summed E-state index contributed by atoms with van der Waals surface area (Å²) in [4.78, 5) is 31.6. The molecular weight excluding hydrogens is 405 g/mol. The zero-order chi connectivity index (χ0) is 21.3. The van der Waals surface area contributed by atoms with Crippen molar-refractivity contribution >= 4 is 34.0 Å². The topological polar surface area (TPSA) is 71.5 Å². The van der Waals surface area contributed by atoms with E-state index in [1.54, 1.807) is 23.1 Å². The molecule has 0 unspecified atom stereocenters. The Kier molecular flexibility index (Phi) is 5.33. The van der Waals surface area contributed by atoms with Crippen LogP contribution in [0.4, 0.5) is 15.2 Å². The summed E-state index contributed by atoms with van der Waals surface area (Å²) in [6.07, 6.45) is 1.66. The van der Waals surface area contributed by atoms with Crippen LogP contribution >= 0.6 is 11.3 Å². The van der Waals surface area contributed by atoms with E-state index in [0.29, 0.717) is 28.8 Å². The number of rotatable bonds is 5. The van der Waals surface area contributed by atoms with E-state index in [9.17, 15) is 14.0 Å². The van der Waals surface area contributed by atoms with Crippen LogP contribution in [0.1, 0.15) is 15.2 Å². The molecule has 0 saturated carbocycles. The lowest BCUT2D eigenvalue weighted by Crippen LogP contribution is -2.38. The summed E-state index contributed by atoms with van der Waals surface area (Å²) in [6.45, 7) is 5.95. The number of benzene rings is 2. The van der Waals surface area contributed by atoms with Crippen LogP contribution in [0.15, 0.2) is 55.1 Å². The lowest BCUT2D eigenvalue weighted by atomic mass is 10.1. The molecule has 0 saturated heterocycles. The highest BCUT2D eigenvalue weighted by molar-refractivity contribution is 7.16. The second kappa shape index (κ2) is 8.08. The summed E-state index contributed by atoms with van der Waals surface area (Å²) in [5, 5.41) is 3.02. The maximum absolute atomic E-state index is 13.9. The molecule has 1 aromatic heterocycles. The largest absolute Gasteiger partial charge is 0.482 e. The smallest absolute Gasteiger partial charge is 0.265 e. The van der Waals surface area contributed by atoms with Crippen molar-refractivity contribution in [3.8, 4) is 17.0 Å². The van der Waals surface area contributed by atoms with Gasteiger partial charge in [0.1, 0.15) is 11.6 Å². The molecule has 1 aliphatic heterocycles. The standard InChI is InChI=1S/C22H18FN3O3S/c1-3-10-26-17-11-14(8-9-18(17)29-12-19(26)27)20-13(2)30-22(24-20)25-21(28)15-6-4-5-7-16(15)23/h3-9,11H,1,10,12H2,2H3,(H,24,25,28). The van der Waals surface area contributed by atoms with Crippen LogP contribution in [0.5, 0.6) is 5.75 Å². The lowest BCUT2D eigenvalue weighted by molar-refractivity contribution is -0.121.